The highest BCUT2D eigenvalue weighted by Crippen LogP contribution is 2.23. The lowest BCUT2D eigenvalue weighted by Gasteiger charge is -2.34. The molecule has 1 heterocycles. The lowest BCUT2D eigenvalue weighted by Crippen LogP contribution is -2.47. The van der Waals surface area contributed by atoms with E-state index in [1.54, 1.807) is 0 Å². The smallest absolute Gasteiger partial charge is 0.241 e. The summed E-state index contributed by atoms with van der Waals surface area (Å²) in [4.78, 5) is 29.1. The largest absolute Gasteiger partial charge is 0.324 e. The number of para-hydroxylation sites is 2. The molecule has 3 rings (SSSR count). The number of rotatable bonds is 10. The summed E-state index contributed by atoms with van der Waals surface area (Å²) >= 11 is 0. The van der Waals surface area contributed by atoms with E-state index in [1.807, 2.05) is 38.1 Å². The van der Waals surface area contributed by atoms with Gasteiger partial charge in [0.25, 0.3) is 0 Å². The molecule has 6 nitrogen and oxygen atoms in total. The van der Waals surface area contributed by atoms with Gasteiger partial charge in [0.1, 0.15) is 0 Å². The van der Waals surface area contributed by atoms with Gasteiger partial charge in [-0.2, -0.15) is 0 Å². The van der Waals surface area contributed by atoms with Crippen molar-refractivity contribution in [2.45, 2.75) is 86.6 Å². The number of hydrogen-bond donors (Lipinski definition) is 2. The molecule has 1 fully saturated rings. The summed E-state index contributed by atoms with van der Waals surface area (Å²) < 4.78 is 0. The van der Waals surface area contributed by atoms with Crippen molar-refractivity contribution in [1.82, 2.24) is 9.80 Å². The molecular formula is C32H52Cl2N4O2. The number of likely N-dealkylation sites (N-methyl/N-ethyl adjacent to an activating group) is 1. The Morgan fingerprint density at radius 1 is 0.825 bits per heavy atom. The van der Waals surface area contributed by atoms with Crippen molar-refractivity contribution in [3.05, 3.63) is 58.7 Å². The van der Waals surface area contributed by atoms with Gasteiger partial charge in [-0.15, -0.1) is 24.8 Å². The van der Waals surface area contributed by atoms with Crippen molar-refractivity contribution in [2.24, 2.45) is 0 Å². The maximum atomic E-state index is 12.7. The Kier molecular flexibility index (Phi) is 18.8. The number of aryl methyl sites for hydroxylation is 4. The van der Waals surface area contributed by atoms with E-state index < -0.39 is 0 Å². The van der Waals surface area contributed by atoms with Crippen molar-refractivity contribution >= 4 is 48.0 Å². The van der Waals surface area contributed by atoms with Crippen LogP contribution >= 0.6 is 24.8 Å². The summed E-state index contributed by atoms with van der Waals surface area (Å²) in [6.07, 6.45) is 5.72. The number of anilines is 2. The number of likely N-dealkylation sites (tertiary alicyclic amines) is 1. The highest BCUT2D eigenvalue weighted by Gasteiger charge is 2.28. The minimum absolute atomic E-state index is 0. The van der Waals surface area contributed by atoms with E-state index in [9.17, 15) is 9.59 Å². The van der Waals surface area contributed by atoms with Crippen molar-refractivity contribution < 1.29 is 9.59 Å². The second-order valence-electron chi connectivity index (χ2n) is 10.4. The van der Waals surface area contributed by atoms with Gasteiger partial charge in [0, 0.05) is 11.4 Å². The number of hydrogen-bond acceptors (Lipinski definition) is 4. The van der Waals surface area contributed by atoms with E-state index in [1.165, 1.54) is 19.3 Å². The average Bonchev–Trinajstić information content (AvgIpc) is 2.91. The minimum atomic E-state index is 0. The van der Waals surface area contributed by atoms with Crippen molar-refractivity contribution in [2.75, 3.05) is 43.4 Å². The predicted molar refractivity (Wildman–Crippen MR) is 175 cm³/mol. The molecule has 2 amide bonds. The molecule has 0 bridgehead atoms. The third-order valence-corrected chi connectivity index (χ3v) is 7.45. The standard InChI is InChI=1S/C18H28N2O.C14H22N2O.2ClH/c1-4-5-12-20-13-7-6-11-16(20)18(21)19-17-14(2)9-8-10-15(17)3;1-5-16(6-2)10-13(17)15-14-11(3)8-7-9-12(14)4;;/h8-10,16H,4-7,11-13H2,1-3H3,(H,19,21);7-9H,5-6,10H2,1-4H3,(H,15,17);2*1H. The van der Waals surface area contributed by atoms with Crippen LogP contribution in [0.1, 0.15) is 75.1 Å². The number of nitrogens with one attached hydrogen (secondary N) is 2. The zero-order chi connectivity index (χ0) is 28.1. The molecule has 2 aromatic carbocycles. The molecule has 2 aromatic rings. The van der Waals surface area contributed by atoms with Crippen LogP contribution in [0.5, 0.6) is 0 Å². The number of nitrogens with zero attached hydrogens (tertiary/aromatic N) is 2. The number of benzene rings is 2. The Morgan fingerprint density at radius 2 is 1.32 bits per heavy atom. The molecule has 1 aliphatic heterocycles. The summed E-state index contributed by atoms with van der Waals surface area (Å²) in [5.41, 5.74) is 6.43. The second kappa shape index (κ2) is 19.9. The van der Waals surface area contributed by atoms with Gasteiger partial charge in [-0.3, -0.25) is 19.4 Å². The normalized spacial score (nSPS) is 14.8. The zero-order valence-corrected chi connectivity index (χ0v) is 27.3. The van der Waals surface area contributed by atoms with Crippen LogP contribution in [0.2, 0.25) is 0 Å². The van der Waals surface area contributed by atoms with Gasteiger partial charge in [-0.05, 0) is 95.4 Å². The Morgan fingerprint density at radius 3 is 1.80 bits per heavy atom. The van der Waals surface area contributed by atoms with Gasteiger partial charge in [-0.1, -0.05) is 70.0 Å². The van der Waals surface area contributed by atoms with E-state index in [2.05, 4.69) is 67.2 Å². The Balaban J connectivity index is 0.000000740. The molecule has 40 heavy (non-hydrogen) atoms. The second-order valence-corrected chi connectivity index (χ2v) is 10.4. The highest BCUT2D eigenvalue weighted by atomic mass is 35.5. The summed E-state index contributed by atoms with van der Waals surface area (Å²) in [5.74, 6) is 0.231. The van der Waals surface area contributed by atoms with E-state index in [-0.39, 0.29) is 42.7 Å². The molecule has 0 radical (unpaired) electrons. The SMILES string of the molecule is CCCCN1CCCCC1C(=O)Nc1c(C)cccc1C.CCN(CC)CC(=O)Nc1c(C)cccc1C.Cl.Cl. The summed E-state index contributed by atoms with van der Waals surface area (Å²) in [5, 5.41) is 6.17. The Hall–Kier alpha value is -2.12. The first-order valence-electron chi connectivity index (χ1n) is 14.4. The van der Waals surface area contributed by atoms with Crippen molar-refractivity contribution in [1.29, 1.82) is 0 Å². The summed E-state index contributed by atoms with van der Waals surface area (Å²) in [6, 6.07) is 12.2. The predicted octanol–water partition coefficient (Wildman–Crippen LogP) is 7.32. The van der Waals surface area contributed by atoms with E-state index >= 15 is 0 Å². The molecule has 0 aliphatic carbocycles. The molecule has 0 aromatic heterocycles. The average molecular weight is 596 g/mol. The number of unbranched alkanes of at least 4 members (excludes halogenated alkanes) is 1. The van der Waals surface area contributed by atoms with Crippen LogP contribution in [0.3, 0.4) is 0 Å². The first-order valence-corrected chi connectivity index (χ1v) is 14.4. The van der Waals surface area contributed by atoms with Gasteiger partial charge in [0.15, 0.2) is 0 Å². The molecule has 1 unspecified atom stereocenters. The third kappa shape index (κ3) is 11.8. The lowest BCUT2D eigenvalue weighted by molar-refractivity contribution is -0.122. The van der Waals surface area contributed by atoms with Crippen LogP contribution in [-0.4, -0.2) is 60.4 Å². The molecule has 2 N–H and O–H groups in total. The number of amides is 2. The lowest BCUT2D eigenvalue weighted by atomic mass is 10.00. The van der Waals surface area contributed by atoms with Crippen molar-refractivity contribution in [3.63, 3.8) is 0 Å². The summed E-state index contributed by atoms with van der Waals surface area (Å²) in [6.45, 7) is 18.8. The molecule has 1 saturated heterocycles. The Labute approximate surface area is 255 Å². The maximum absolute atomic E-state index is 12.7. The van der Waals surface area contributed by atoms with Crippen LogP contribution < -0.4 is 10.6 Å². The molecular weight excluding hydrogens is 543 g/mol. The van der Waals surface area contributed by atoms with Crippen LogP contribution in [0, 0.1) is 27.7 Å². The monoisotopic (exact) mass is 594 g/mol. The fourth-order valence-corrected chi connectivity index (χ4v) is 4.98. The first-order chi connectivity index (χ1) is 18.2. The topological polar surface area (TPSA) is 64.7 Å². The van der Waals surface area contributed by atoms with E-state index in [4.69, 9.17) is 0 Å². The van der Waals surface area contributed by atoms with Gasteiger partial charge >= 0.3 is 0 Å². The van der Waals surface area contributed by atoms with Gasteiger partial charge in [-0.25, -0.2) is 0 Å². The van der Waals surface area contributed by atoms with Gasteiger partial charge < -0.3 is 10.6 Å². The molecule has 8 heteroatoms. The number of piperidine rings is 1. The van der Waals surface area contributed by atoms with Crippen LogP contribution in [-0.2, 0) is 9.59 Å². The molecule has 226 valence electrons. The first kappa shape index (κ1) is 37.9. The maximum Gasteiger partial charge on any atom is 0.241 e. The fourth-order valence-electron chi connectivity index (χ4n) is 4.98. The third-order valence-electron chi connectivity index (χ3n) is 7.45. The van der Waals surface area contributed by atoms with Crippen LogP contribution in [0.15, 0.2) is 36.4 Å². The van der Waals surface area contributed by atoms with Crippen molar-refractivity contribution in [3.8, 4) is 0 Å². The van der Waals surface area contributed by atoms with Gasteiger partial charge in [0.2, 0.25) is 11.8 Å². The van der Waals surface area contributed by atoms with Crippen LogP contribution in [0.4, 0.5) is 11.4 Å². The Bertz CT molecular complexity index is 1000. The number of carbonyl (C=O) groups is 2. The van der Waals surface area contributed by atoms with E-state index in [0.29, 0.717) is 6.54 Å². The quantitative estimate of drug-likeness (QED) is 0.302. The van der Waals surface area contributed by atoms with Crippen LogP contribution in [0.25, 0.3) is 0 Å². The molecule has 0 spiro atoms. The number of carbonyl (C=O) groups excluding carboxylic acids is 2. The minimum Gasteiger partial charge on any atom is -0.324 e. The fraction of sp³-hybridized carbons (Fsp3) is 0.562. The zero-order valence-electron chi connectivity index (χ0n) is 25.6. The van der Waals surface area contributed by atoms with E-state index in [0.717, 1.165) is 72.6 Å². The van der Waals surface area contributed by atoms with Gasteiger partial charge in [0.05, 0.1) is 12.6 Å². The molecule has 1 atom stereocenters. The number of halogens is 2. The summed E-state index contributed by atoms with van der Waals surface area (Å²) in [7, 11) is 0. The highest BCUT2D eigenvalue weighted by molar-refractivity contribution is 5.96. The molecule has 0 saturated carbocycles. The molecule has 1 aliphatic rings.